The van der Waals surface area contributed by atoms with Crippen LogP contribution in [-0.4, -0.2) is 35.0 Å². The lowest BCUT2D eigenvalue weighted by Crippen LogP contribution is -2.09. The maximum atomic E-state index is 11.9. The van der Waals surface area contributed by atoms with Gasteiger partial charge in [-0.15, -0.1) is 0 Å². The molecule has 10 nitrogen and oxygen atoms in total. The van der Waals surface area contributed by atoms with Gasteiger partial charge in [-0.05, 0) is 37.1 Å². The number of ether oxygens (including phenoxy) is 2. The van der Waals surface area contributed by atoms with Crippen molar-refractivity contribution in [3.8, 4) is 11.1 Å². The summed E-state index contributed by atoms with van der Waals surface area (Å²) >= 11 is 0. The van der Waals surface area contributed by atoms with E-state index >= 15 is 0 Å². The Morgan fingerprint density at radius 1 is 0.786 bits per heavy atom. The molecule has 0 bridgehead atoms. The molecule has 146 valence electrons. The van der Waals surface area contributed by atoms with Gasteiger partial charge in [0.1, 0.15) is 11.1 Å². The molecular formula is C18H16N2O8. The molecule has 0 aliphatic carbocycles. The van der Waals surface area contributed by atoms with Gasteiger partial charge >= 0.3 is 11.9 Å². The van der Waals surface area contributed by atoms with Gasteiger partial charge in [0.2, 0.25) is 0 Å². The van der Waals surface area contributed by atoms with Crippen LogP contribution in [0.1, 0.15) is 34.6 Å². The van der Waals surface area contributed by atoms with Crippen LogP contribution >= 0.6 is 0 Å². The maximum absolute atomic E-state index is 11.9. The van der Waals surface area contributed by atoms with E-state index in [9.17, 15) is 29.8 Å². The minimum atomic E-state index is -0.843. The molecule has 0 radical (unpaired) electrons. The van der Waals surface area contributed by atoms with E-state index in [1.54, 1.807) is 13.8 Å². The first-order valence-corrected chi connectivity index (χ1v) is 8.21. The summed E-state index contributed by atoms with van der Waals surface area (Å²) in [6.07, 6.45) is 0. The van der Waals surface area contributed by atoms with Gasteiger partial charge in [-0.1, -0.05) is 12.1 Å². The molecule has 0 amide bonds. The van der Waals surface area contributed by atoms with Crippen LogP contribution in [0.4, 0.5) is 11.4 Å². The summed E-state index contributed by atoms with van der Waals surface area (Å²) in [5.41, 5.74) is -0.917. The van der Waals surface area contributed by atoms with Crippen LogP contribution in [0.5, 0.6) is 0 Å². The summed E-state index contributed by atoms with van der Waals surface area (Å²) in [4.78, 5) is 44.9. The first-order valence-electron chi connectivity index (χ1n) is 8.21. The smallest absolute Gasteiger partial charge is 0.345 e. The topological polar surface area (TPSA) is 139 Å². The highest BCUT2D eigenvalue weighted by molar-refractivity contribution is 5.96. The summed E-state index contributed by atoms with van der Waals surface area (Å²) in [6.45, 7) is 3.25. The normalized spacial score (nSPS) is 10.2. The zero-order chi connectivity index (χ0) is 20.8. The van der Waals surface area contributed by atoms with Gasteiger partial charge in [-0.2, -0.15) is 0 Å². The SMILES string of the molecule is CCOC(=O)c1ccc(-c2ccc(C(=O)OCC)c([N+](=O)[O-])c2)cc1[N+](=O)[O-]. The number of nitro benzene ring substituents is 2. The third-order valence-corrected chi connectivity index (χ3v) is 3.71. The van der Waals surface area contributed by atoms with Gasteiger partial charge < -0.3 is 9.47 Å². The van der Waals surface area contributed by atoms with Crippen molar-refractivity contribution in [2.45, 2.75) is 13.8 Å². The van der Waals surface area contributed by atoms with Crippen LogP contribution in [0.3, 0.4) is 0 Å². The summed E-state index contributed by atoms with van der Waals surface area (Å²) in [6, 6.07) is 7.49. The molecule has 0 aliphatic heterocycles. The van der Waals surface area contributed by atoms with Crippen molar-refractivity contribution < 1.29 is 28.9 Å². The van der Waals surface area contributed by atoms with Crippen molar-refractivity contribution in [3.63, 3.8) is 0 Å². The van der Waals surface area contributed by atoms with Gasteiger partial charge in [0.05, 0.1) is 23.1 Å². The molecule has 2 rings (SSSR count). The van der Waals surface area contributed by atoms with Crippen LogP contribution in [0.15, 0.2) is 36.4 Å². The Morgan fingerprint density at radius 3 is 1.43 bits per heavy atom. The van der Waals surface area contributed by atoms with Crippen LogP contribution in [0, 0.1) is 20.2 Å². The lowest BCUT2D eigenvalue weighted by molar-refractivity contribution is -0.385. The molecule has 2 aromatic carbocycles. The molecule has 0 heterocycles. The van der Waals surface area contributed by atoms with E-state index in [-0.39, 0.29) is 35.5 Å². The number of carbonyl (C=O) groups excluding carboxylic acids is 2. The number of nitro groups is 2. The van der Waals surface area contributed by atoms with Crippen LogP contribution < -0.4 is 0 Å². The van der Waals surface area contributed by atoms with Crippen molar-refractivity contribution in [1.29, 1.82) is 0 Å². The molecule has 0 aliphatic rings. The fraction of sp³-hybridized carbons (Fsp3) is 0.222. The van der Waals surface area contributed by atoms with E-state index in [1.807, 2.05) is 0 Å². The quantitative estimate of drug-likeness (QED) is 0.399. The molecule has 0 saturated heterocycles. The van der Waals surface area contributed by atoms with Crippen LogP contribution in [-0.2, 0) is 9.47 Å². The first kappa shape index (κ1) is 20.5. The number of rotatable bonds is 7. The molecule has 0 atom stereocenters. The highest BCUT2D eigenvalue weighted by Gasteiger charge is 2.25. The fourth-order valence-corrected chi connectivity index (χ4v) is 2.49. The second kappa shape index (κ2) is 8.71. The number of carbonyl (C=O) groups is 2. The van der Waals surface area contributed by atoms with E-state index in [2.05, 4.69) is 0 Å². The molecule has 0 fully saturated rings. The zero-order valence-corrected chi connectivity index (χ0v) is 15.0. The number of hydrogen-bond donors (Lipinski definition) is 0. The highest BCUT2D eigenvalue weighted by atomic mass is 16.6. The van der Waals surface area contributed by atoms with Gasteiger partial charge in [0, 0.05) is 12.1 Å². The molecule has 2 aromatic rings. The minimum Gasteiger partial charge on any atom is -0.462 e. The zero-order valence-electron chi connectivity index (χ0n) is 15.0. The first-order chi connectivity index (χ1) is 13.3. The Morgan fingerprint density at radius 2 is 1.14 bits per heavy atom. The number of hydrogen-bond acceptors (Lipinski definition) is 8. The van der Waals surface area contributed by atoms with E-state index in [0.29, 0.717) is 0 Å². The summed E-state index contributed by atoms with van der Waals surface area (Å²) in [7, 11) is 0. The van der Waals surface area contributed by atoms with Gasteiger partial charge in [-0.3, -0.25) is 20.2 Å². The molecule has 10 heteroatoms. The fourth-order valence-electron chi connectivity index (χ4n) is 2.49. The van der Waals surface area contributed by atoms with Crippen molar-refractivity contribution in [1.82, 2.24) is 0 Å². The summed E-state index contributed by atoms with van der Waals surface area (Å²) in [5, 5.41) is 22.7. The largest absolute Gasteiger partial charge is 0.462 e. The highest BCUT2D eigenvalue weighted by Crippen LogP contribution is 2.31. The predicted molar refractivity (Wildman–Crippen MR) is 97.1 cm³/mol. The second-order valence-electron chi connectivity index (χ2n) is 5.42. The number of nitrogens with zero attached hydrogens (tertiary/aromatic N) is 2. The van der Waals surface area contributed by atoms with Crippen molar-refractivity contribution in [2.24, 2.45) is 0 Å². The molecule has 0 N–H and O–H groups in total. The Bertz CT molecular complexity index is 877. The van der Waals surface area contributed by atoms with Crippen molar-refractivity contribution >= 4 is 23.3 Å². The lowest BCUT2D eigenvalue weighted by atomic mass is 10.00. The number of benzene rings is 2. The molecular weight excluding hydrogens is 372 g/mol. The van der Waals surface area contributed by atoms with Gasteiger partial charge in [-0.25, -0.2) is 9.59 Å². The second-order valence-corrected chi connectivity index (χ2v) is 5.42. The molecule has 0 aromatic heterocycles. The van der Waals surface area contributed by atoms with Crippen LogP contribution in [0.2, 0.25) is 0 Å². The minimum absolute atomic E-state index is 0.0548. The van der Waals surface area contributed by atoms with Gasteiger partial charge in [0.25, 0.3) is 11.4 Å². The third kappa shape index (κ3) is 4.29. The Labute approximate surface area is 159 Å². The molecule has 0 saturated carbocycles. The average Bonchev–Trinajstić information content (AvgIpc) is 2.67. The van der Waals surface area contributed by atoms with E-state index in [0.717, 1.165) is 12.1 Å². The Hall–Kier alpha value is -3.82. The maximum Gasteiger partial charge on any atom is 0.345 e. The van der Waals surface area contributed by atoms with Crippen molar-refractivity contribution in [2.75, 3.05) is 13.2 Å². The number of esters is 2. The average molecular weight is 388 g/mol. The predicted octanol–water partition coefficient (Wildman–Crippen LogP) is 3.52. The van der Waals surface area contributed by atoms with E-state index in [4.69, 9.17) is 9.47 Å². The van der Waals surface area contributed by atoms with Crippen LogP contribution in [0.25, 0.3) is 11.1 Å². The molecule has 28 heavy (non-hydrogen) atoms. The molecule has 0 unspecified atom stereocenters. The summed E-state index contributed by atoms with van der Waals surface area (Å²) in [5.74, 6) is -1.69. The monoisotopic (exact) mass is 388 g/mol. The van der Waals surface area contributed by atoms with Crippen molar-refractivity contribution in [3.05, 3.63) is 67.8 Å². The lowest BCUT2D eigenvalue weighted by Gasteiger charge is -2.08. The molecule has 0 spiro atoms. The summed E-state index contributed by atoms with van der Waals surface area (Å²) < 4.78 is 9.59. The van der Waals surface area contributed by atoms with E-state index in [1.165, 1.54) is 24.3 Å². The standard InChI is InChI=1S/C18H16N2O8/c1-3-27-17(21)13-7-5-11(9-15(13)19(23)24)12-6-8-14(18(22)28-4-2)16(10-12)20(25)26/h5-10H,3-4H2,1-2H3. The Kier molecular flexibility index (Phi) is 6.38. The third-order valence-electron chi connectivity index (χ3n) is 3.71. The van der Waals surface area contributed by atoms with Gasteiger partial charge in [0.15, 0.2) is 0 Å². The Balaban J connectivity index is 2.55. The van der Waals surface area contributed by atoms with E-state index < -0.39 is 33.2 Å².